The number of ether oxygens (including phenoxy) is 1. The standard InChI is InChI=1S/C26H30N2O4/c1-17-13-22(31-3)8-9-23(17)27-25(29)11-6-19-5-4-12-28(16-19)26(30)20-7-10-24-21(15-20)14-18(2)32-24/h7-10,13-15,19H,4-6,11-12,16H2,1-3H3,(H,27,29)/t19-/m1/s1. The van der Waals surface area contributed by atoms with Crippen molar-refractivity contribution >= 4 is 28.5 Å². The van der Waals surface area contributed by atoms with E-state index in [0.717, 1.165) is 59.5 Å². The van der Waals surface area contributed by atoms with Crippen LogP contribution in [0.2, 0.25) is 0 Å². The molecule has 1 atom stereocenters. The van der Waals surface area contributed by atoms with Gasteiger partial charge in [-0.05, 0) is 87.1 Å². The fourth-order valence-corrected chi connectivity index (χ4v) is 4.43. The van der Waals surface area contributed by atoms with E-state index >= 15 is 0 Å². The Hall–Kier alpha value is -3.28. The molecule has 6 nitrogen and oxygen atoms in total. The van der Waals surface area contributed by atoms with Crippen LogP contribution in [0.4, 0.5) is 5.69 Å². The summed E-state index contributed by atoms with van der Waals surface area (Å²) in [5.74, 6) is 1.99. The molecular weight excluding hydrogens is 404 g/mol. The molecule has 1 aliphatic heterocycles. The SMILES string of the molecule is COc1ccc(NC(=O)CC[C@H]2CCCN(C(=O)c3ccc4oc(C)cc4c3)C2)c(C)c1. The zero-order chi connectivity index (χ0) is 22.7. The number of aryl methyl sites for hydroxylation is 2. The Morgan fingerprint density at radius 2 is 2.00 bits per heavy atom. The van der Waals surface area contributed by atoms with Crippen LogP contribution in [0.25, 0.3) is 11.0 Å². The zero-order valence-electron chi connectivity index (χ0n) is 18.9. The van der Waals surface area contributed by atoms with Crippen molar-refractivity contribution in [1.82, 2.24) is 4.90 Å². The van der Waals surface area contributed by atoms with E-state index in [-0.39, 0.29) is 11.8 Å². The van der Waals surface area contributed by atoms with Crippen molar-refractivity contribution in [3.63, 3.8) is 0 Å². The summed E-state index contributed by atoms with van der Waals surface area (Å²) in [6.07, 6.45) is 3.21. The minimum absolute atomic E-state index is 0.00231. The molecule has 0 spiro atoms. The average molecular weight is 435 g/mol. The number of carbonyl (C=O) groups is 2. The van der Waals surface area contributed by atoms with Crippen LogP contribution in [0.5, 0.6) is 5.75 Å². The molecule has 6 heteroatoms. The van der Waals surface area contributed by atoms with Gasteiger partial charge in [-0.2, -0.15) is 0 Å². The molecule has 1 N–H and O–H groups in total. The van der Waals surface area contributed by atoms with Crippen molar-refractivity contribution in [3.8, 4) is 5.75 Å². The lowest BCUT2D eigenvalue weighted by Crippen LogP contribution is -2.40. The second-order valence-electron chi connectivity index (χ2n) is 8.64. The molecule has 2 aromatic carbocycles. The summed E-state index contributed by atoms with van der Waals surface area (Å²) in [6, 6.07) is 13.2. The summed E-state index contributed by atoms with van der Waals surface area (Å²) in [5, 5.41) is 3.95. The Morgan fingerprint density at radius 3 is 2.78 bits per heavy atom. The van der Waals surface area contributed by atoms with Crippen LogP contribution in [0.15, 0.2) is 46.9 Å². The van der Waals surface area contributed by atoms with Crippen LogP contribution < -0.4 is 10.1 Å². The summed E-state index contributed by atoms with van der Waals surface area (Å²) >= 11 is 0. The normalized spacial score (nSPS) is 16.2. The van der Waals surface area contributed by atoms with Gasteiger partial charge >= 0.3 is 0 Å². The number of likely N-dealkylation sites (tertiary alicyclic amines) is 1. The first-order chi connectivity index (χ1) is 15.4. The molecule has 1 aromatic heterocycles. The van der Waals surface area contributed by atoms with Gasteiger partial charge in [0, 0.05) is 36.1 Å². The highest BCUT2D eigenvalue weighted by Crippen LogP contribution is 2.26. The molecule has 0 unspecified atom stereocenters. The van der Waals surface area contributed by atoms with E-state index in [1.165, 1.54) is 0 Å². The Balaban J connectivity index is 1.32. The molecule has 1 aliphatic rings. The Kier molecular flexibility index (Phi) is 6.49. The minimum Gasteiger partial charge on any atom is -0.497 e. The topological polar surface area (TPSA) is 71.8 Å². The van der Waals surface area contributed by atoms with Gasteiger partial charge in [-0.3, -0.25) is 9.59 Å². The number of amides is 2. The maximum absolute atomic E-state index is 13.1. The van der Waals surface area contributed by atoms with Crippen molar-refractivity contribution in [2.75, 3.05) is 25.5 Å². The van der Waals surface area contributed by atoms with Crippen LogP contribution in [-0.2, 0) is 4.79 Å². The second kappa shape index (κ2) is 9.47. The smallest absolute Gasteiger partial charge is 0.253 e. The van der Waals surface area contributed by atoms with E-state index in [0.29, 0.717) is 24.4 Å². The molecule has 0 radical (unpaired) electrons. The van der Waals surface area contributed by atoms with E-state index in [2.05, 4.69) is 5.32 Å². The first-order valence-corrected chi connectivity index (χ1v) is 11.2. The molecule has 2 amide bonds. The fraction of sp³-hybridized carbons (Fsp3) is 0.385. The molecule has 32 heavy (non-hydrogen) atoms. The third-order valence-electron chi connectivity index (χ3n) is 6.18. The van der Waals surface area contributed by atoms with Crippen molar-refractivity contribution in [3.05, 3.63) is 59.4 Å². The monoisotopic (exact) mass is 434 g/mol. The molecular formula is C26H30N2O4. The highest BCUT2D eigenvalue weighted by atomic mass is 16.5. The number of nitrogens with zero attached hydrogens (tertiary/aromatic N) is 1. The maximum Gasteiger partial charge on any atom is 0.253 e. The van der Waals surface area contributed by atoms with Gasteiger partial charge < -0.3 is 19.4 Å². The summed E-state index contributed by atoms with van der Waals surface area (Å²) in [7, 11) is 1.63. The van der Waals surface area contributed by atoms with Crippen LogP contribution >= 0.6 is 0 Å². The van der Waals surface area contributed by atoms with Crippen LogP contribution in [0, 0.1) is 19.8 Å². The number of carbonyl (C=O) groups excluding carboxylic acids is 2. The first kappa shape index (κ1) is 21.9. The van der Waals surface area contributed by atoms with E-state index in [9.17, 15) is 9.59 Å². The van der Waals surface area contributed by atoms with E-state index in [4.69, 9.17) is 9.15 Å². The van der Waals surface area contributed by atoms with E-state index in [1.54, 1.807) is 7.11 Å². The molecule has 0 aliphatic carbocycles. The largest absolute Gasteiger partial charge is 0.497 e. The Bertz CT molecular complexity index is 1130. The van der Waals surface area contributed by atoms with E-state index < -0.39 is 0 Å². The molecule has 1 saturated heterocycles. The highest BCUT2D eigenvalue weighted by Gasteiger charge is 2.25. The minimum atomic E-state index is 0.00231. The molecule has 2 heterocycles. The number of hydrogen-bond donors (Lipinski definition) is 1. The summed E-state index contributed by atoms with van der Waals surface area (Å²) < 4.78 is 10.8. The Morgan fingerprint density at radius 1 is 1.16 bits per heavy atom. The van der Waals surface area contributed by atoms with Gasteiger partial charge in [-0.1, -0.05) is 0 Å². The molecule has 168 valence electrons. The van der Waals surface area contributed by atoms with Gasteiger partial charge in [0.05, 0.1) is 7.11 Å². The molecule has 0 saturated carbocycles. The van der Waals surface area contributed by atoms with Crippen LogP contribution in [0.1, 0.15) is 47.4 Å². The van der Waals surface area contributed by atoms with Gasteiger partial charge in [0.15, 0.2) is 0 Å². The number of anilines is 1. The van der Waals surface area contributed by atoms with Crippen molar-refractivity contribution < 1.29 is 18.7 Å². The van der Waals surface area contributed by atoms with Crippen molar-refractivity contribution in [2.24, 2.45) is 5.92 Å². The van der Waals surface area contributed by atoms with Crippen molar-refractivity contribution in [2.45, 2.75) is 39.5 Å². The number of benzene rings is 2. The second-order valence-corrected chi connectivity index (χ2v) is 8.64. The lowest BCUT2D eigenvalue weighted by Gasteiger charge is -2.33. The number of nitrogens with one attached hydrogen (secondary N) is 1. The maximum atomic E-state index is 13.1. The molecule has 3 aromatic rings. The molecule has 4 rings (SSSR count). The summed E-state index contributed by atoms with van der Waals surface area (Å²) in [4.78, 5) is 27.5. The predicted octanol–water partition coefficient (Wildman–Crippen LogP) is 5.33. The summed E-state index contributed by atoms with van der Waals surface area (Å²) in [6.45, 7) is 5.30. The quantitative estimate of drug-likeness (QED) is 0.569. The third-order valence-corrected chi connectivity index (χ3v) is 6.18. The third kappa shape index (κ3) is 4.96. The number of fused-ring (bicyclic) bond motifs is 1. The number of methoxy groups -OCH3 is 1. The number of rotatable bonds is 6. The van der Waals surface area contributed by atoms with Gasteiger partial charge in [-0.15, -0.1) is 0 Å². The fourth-order valence-electron chi connectivity index (χ4n) is 4.43. The molecule has 1 fully saturated rings. The van der Waals surface area contributed by atoms with Gasteiger partial charge in [0.1, 0.15) is 17.1 Å². The van der Waals surface area contributed by atoms with Gasteiger partial charge in [0.25, 0.3) is 5.91 Å². The van der Waals surface area contributed by atoms with Crippen LogP contribution in [-0.4, -0.2) is 36.9 Å². The Labute approximate surface area is 188 Å². The summed E-state index contributed by atoms with van der Waals surface area (Å²) in [5.41, 5.74) is 3.26. The zero-order valence-corrected chi connectivity index (χ0v) is 18.9. The van der Waals surface area contributed by atoms with Gasteiger partial charge in [-0.25, -0.2) is 0 Å². The number of hydrogen-bond acceptors (Lipinski definition) is 4. The number of piperidine rings is 1. The highest BCUT2D eigenvalue weighted by molar-refractivity contribution is 5.98. The predicted molar refractivity (Wildman–Crippen MR) is 125 cm³/mol. The number of furan rings is 1. The lowest BCUT2D eigenvalue weighted by molar-refractivity contribution is -0.116. The molecule has 0 bridgehead atoms. The average Bonchev–Trinajstić information content (AvgIpc) is 3.18. The van der Waals surface area contributed by atoms with E-state index in [1.807, 2.05) is 61.2 Å². The lowest BCUT2D eigenvalue weighted by atomic mass is 9.92. The van der Waals surface area contributed by atoms with Crippen LogP contribution in [0.3, 0.4) is 0 Å². The van der Waals surface area contributed by atoms with Gasteiger partial charge in [0.2, 0.25) is 5.91 Å². The van der Waals surface area contributed by atoms with Crippen molar-refractivity contribution in [1.29, 1.82) is 0 Å². The first-order valence-electron chi connectivity index (χ1n) is 11.2.